The molecule has 0 radical (unpaired) electrons. The summed E-state index contributed by atoms with van der Waals surface area (Å²) in [7, 11) is 0. The maximum atomic E-state index is 11.3. The van der Waals surface area contributed by atoms with Crippen LogP contribution in [0.4, 0.5) is 0 Å². The second-order valence-electron chi connectivity index (χ2n) is 4.42. The van der Waals surface area contributed by atoms with E-state index in [0.717, 1.165) is 10.8 Å². The SMILES string of the molecule is O=C(O)c1ccccc1Sc1nccc2ccc(O)cc12. The maximum Gasteiger partial charge on any atom is 0.336 e. The summed E-state index contributed by atoms with van der Waals surface area (Å²) in [5.74, 6) is -0.815. The number of rotatable bonds is 3. The molecule has 0 aliphatic carbocycles. The quantitative estimate of drug-likeness (QED) is 0.769. The number of phenols is 1. The van der Waals surface area contributed by atoms with Crippen molar-refractivity contribution < 1.29 is 15.0 Å². The van der Waals surface area contributed by atoms with Crippen molar-refractivity contribution in [3.63, 3.8) is 0 Å². The first-order valence-electron chi connectivity index (χ1n) is 6.23. The Bertz CT molecular complexity index is 833. The summed E-state index contributed by atoms with van der Waals surface area (Å²) in [5.41, 5.74) is 0.237. The summed E-state index contributed by atoms with van der Waals surface area (Å²) < 4.78 is 0. The summed E-state index contributed by atoms with van der Waals surface area (Å²) in [4.78, 5) is 16.2. The van der Waals surface area contributed by atoms with Crippen molar-refractivity contribution >= 4 is 28.5 Å². The van der Waals surface area contributed by atoms with Gasteiger partial charge in [-0.1, -0.05) is 30.0 Å². The summed E-state index contributed by atoms with van der Waals surface area (Å²) >= 11 is 1.28. The highest BCUT2D eigenvalue weighted by molar-refractivity contribution is 7.99. The minimum Gasteiger partial charge on any atom is -0.508 e. The minimum absolute atomic E-state index is 0.156. The van der Waals surface area contributed by atoms with E-state index in [0.29, 0.717) is 9.92 Å². The highest BCUT2D eigenvalue weighted by Crippen LogP contribution is 2.34. The fraction of sp³-hybridized carbons (Fsp3) is 0. The molecule has 0 amide bonds. The van der Waals surface area contributed by atoms with Crippen molar-refractivity contribution in [3.8, 4) is 5.75 Å². The van der Waals surface area contributed by atoms with Gasteiger partial charge < -0.3 is 10.2 Å². The van der Waals surface area contributed by atoms with Gasteiger partial charge in [0, 0.05) is 16.5 Å². The molecule has 2 N–H and O–H groups in total. The van der Waals surface area contributed by atoms with E-state index in [-0.39, 0.29) is 11.3 Å². The van der Waals surface area contributed by atoms with Crippen LogP contribution >= 0.6 is 11.8 Å². The molecule has 1 heterocycles. The molecule has 1 aromatic heterocycles. The fourth-order valence-electron chi connectivity index (χ4n) is 2.05. The van der Waals surface area contributed by atoms with E-state index in [2.05, 4.69) is 4.98 Å². The Morgan fingerprint density at radius 1 is 1.10 bits per heavy atom. The van der Waals surface area contributed by atoms with Crippen LogP contribution in [0.15, 0.2) is 64.6 Å². The van der Waals surface area contributed by atoms with E-state index in [1.54, 1.807) is 48.7 Å². The lowest BCUT2D eigenvalue weighted by molar-refractivity contribution is 0.0693. The smallest absolute Gasteiger partial charge is 0.336 e. The summed E-state index contributed by atoms with van der Waals surface area (Å²) in [5, 5.41) is 21.3. The lowest BCUT2D eigenvalue weighted by Crippen LogP contribution is -1.98. The largest absolute Gasteiger partial charge is 0.508 e. The van der Waals surface area contributed by atoms with Gasteiger partial charge in [0.05, 0.1) is 5.56 Å². The molecular weight excluding hydrogens is 286 g/mol. The van der Waals surface area contributed by atoms with E-state index < -0.39 is 5.97 Å². The van der Waals surface area contributed by atoms with Gasteiger partial charge in [0.15, 0.2) is 0 Å². The van der Waals surface area contributed by atoms with E-state index >= 15 is 0 Å². The fourth-order valence-corrected chi connectivity index (χ4v) is 3.07. The number of hydrogen-bond donors (Lipinski definition) is 2. The molecular formula is C16H11NO3S. The van der Waals surface area contributed by atoms with Gasteiger partial charge in [0.2, 0.25) is 0 Å². The van der Waals surface area contributed by atoms with Crippen molar-refractivity contribution in [2.24, 2.45) is 0 Å². The Balaban J connectivity index is 2.11. The first-order valence-corrected chi connectivity index (χ1v) is 7.05. The number of aromatic carboxylic acids is 1. The first kappa shape index (κ1) is 13.5. The third-order valence-corrected chi connectivity index (χ3v) is 4.13. The number of aromatic nitrogens is 1. The van der Waals surface area contributed by atoms with E-state index in [9.17, 15) is 15.0 Å². The molecule has 104 valence electrons. The van der Waals surface area contributed by atoms with Gasteiger partial charge in [0.1, 0.15) is 10.8 Å². The van der Waals surface area contributed by atoms with Crippen LogP contribution in [0.1, 0.15) is 10.4 Å². The second kappa shape index (κ2) is 5.46. The highest BCUT2D eigenvalue weighted by Gasteiger charge is 2.12. The van der Waals surface area contributed by atoms with Crippen molar-refractivity contribution in [3.05, 3.63) is 60.3 Å². The van der Waals surface area contributed by atoms with Crippen LogP contribution in [0.25, 0.3) is 10.8 Å². The number of fused-ring (bicyclic) bond motifs is 1. The van der Waals surface area contributed by atoms with Crippen LogP contribution in [0.3, 0.4) is 0 Å². The molecule has 0 unspecified atom stereocenters. The average molecular weight is 297 g/mol. The van der Waals surface area contributed by atoms with Crippen molar-refractivity contribution in [1.29, 1.82) is 0 Å². The lowest BCUT2D eigenvalue weighted by atomic mass is 10.2. The molecule has 0 bridgehead atoms. The summed E-state index contributed by atoms with van der Waals surface area (Å²) in [6, 6.07) is 13.7. The standard InChI is InChI=1S/C16H11NO3S/c18-11-6-5-10-7-8-17-15(13(10)9-11)21-14-4-2-1-3-12(14)16(19)20/h1-9,18H,(H,19,20). The van der Waals surface area contributed by atoms with Crippen LogP contribution in [-0.4, -0.2) is 21.2 Å². The number of hydrogen-bond acceptors (Lipinski definition) is 4. The predicted octanol–water partition coefficient (Wildman–Crippen LogP) is 3.79. The van der Waals surface area contributed by atoms with Crippen molar-refractivity contribution in [2.45, 2.75) is 9.92 Å². The van der Waals surface area contributed by atoms with Gasteiger partial charge in [-0.25, -0.2) is 9.78 Å². The number of pyridine rings is 1. The second-order valence-corrected chi connectivity index (χ2v) is 5.46. The molecule has 0 saturated carbocycles. The maximum absolute atomic E-state index is 11.3. The molecule has 0 spiro atoms. The van der Waals surface area contributed by atoms with Gasteiger partial charge >= 0.3 is 5.97 Å². The van der Waals surface area contributed by atoms with Crippen LogP contribution in [-0.2, 0) is 0 Å². The molecule has 0 saturated heterocycles. The van der Waals surface area contributed by atoms with Gasteiger partial charge in [-0.3, -0.25) is 0 Å². The van der Waals surface area contributed by atoms with E-state index in [4.69, 9.17) is 0 Å². The van der Waals surface area contributed by atoms with Crippen LogP contribution < -0.4 is 0 Å². The zero-order valence-corrected chi connectivity index (χ0v) is 11.7. The highest BCUT2D eigenvalue weighted by atomic mass is 32.2. The number of benzene rings is 2. The zero-order valence-electron chi connectivity index (χ0n) is 10.9. The topological polar surface area (TPSA) is 70.4 Å². The monoisotopic (exact) mass is 297 g/mol. The number of aromatic hydroxyl groups is 1. The molecule has 3 rings (SSSR count). The Kier molecular flexibility index (Phi) is 3.50. The number of nitrogens with zero attached hydrogens (tertiary/aromatic N) is 1. The van der Waals surface area contributed by atoms with Gasteiger partial charge in [-0.15, -0.1) is 0 Å². The van der Waals surface area contributed by atoms with Crippen LogP contribution in [0.5, 0.6) is 5.75 Å². The van der Waals surface area contributed by atoms with Gasteiger partial charge in [-0.05, 0) is 35.7 Å². The Labute approximate surface area is 125 Å². The van der Waals surface area contributed by atoms with Gasteiger partial charge in [-0.2, -0.15) is 0 Å². The normalized spacial score (nSPS) is 10.7. The van der Waals surface area contributed by atoms with Gasteiger partial charge in [0.25, 0.3) is 0 Å². The molecule has 2 aromatic carbocycles. The average Bonchev–Trinajstić information content (AvgIpc) is 2.48. The number of carbonyl (C=O) groups is 1. The number of carboxylic acids is 1. The molecule has 3 aromatic rings. The molecule has 5 heteroatoms. The molecule has 0 aliphatic heterocycles. The Morgan fingerprint density at radius 3 is 2.71 bits per heavy atom. The molecule has 0 aliphatic rings. The van der Waals surface area contributed by atoms with Crippen molar-refractivity contribution in [1.82, 2.24) is 4.98 Å². The molecule has 0 atom stereocenters. The van der Waals surface area contributed by atoms with Crippen LogP contribution in [0, 0.1) is 0 Å². The molecule has 21 heavy (non-hydrogen) atoms. The third-order valence-electron chi connectivity index (χ3n) is 3.04. The van der Waals surface area contributed by atoms with E-state index in [1.807, 2.05) is 6.07 Å². The molecule has 0 fully saturated rings. The Hall–Kier alpha value is -2.53. The Morgan fingerprint density at radius 2 is 1.90 bits per heavy atom. The third kappa shape index (κ3) is 2.68. The zero-order chi connectivity index (χ0) is 14.8. The van der Waals surface area contributed by atoms with Crippen molar-refractivity contribution in [2.75, 3.05) is 0 Å². The molecule has 4 nitrogen and oxygen atoms in total. The first-order chi connectivity index (χ1) is 10.1. The number of carboxylic acid groups (broad SMARTS) is 1. The van der Waals surface area contributed by atoms with Crippen LogP contribution in [0.2, 0.25) is 0 Å². The number of phenolic OH excluding ortho intramolecular Hbond substituents is 1. The predicted molar refractivity (Wildman–Crippen MR) is 80.9 cm³/mol. The minimum atomic E-state index is -0.971. The summed E-state index contributed by atoms with van der Waals surface area (Å²) in [6.07, 6.45) is 1.67. The van der Waals surface area contributed by atoms with E-state index in [1.165, 1.54) is 11.8 Å². The summed E-state index contributed by atoms with van der Waals surface area (Å²) in [6.45, 7) is 0. The lowest BCUT2D eigenvalue weighted by Gasteiger charge is -2.08.